The quantitative estimate of drug-likeness (QED) is 0.340. The standard InChI is InChI=1S/C17H20N2O.C13H10O/c1-18(2)15-12-8-11-14(16(15)19(3)4)17(20)13-9-6-5-7-10-13;14-13(11-7-3-1-4-8-11)12-9-5-2-6-10-12/h5-12H,1-4H3;1-10H. The Morgan fingerprint density at radius 3 is 1.26 bits per heavy atom. The maximum absolute atomic E-state index is 12.7. The molecule has 0 aromatic heterocycles. The van der Waals surface area contributed by atoms with Gasteiger partial charge in [0.2, 0.25) is 0 Å². The lowest BCUT2D eigenvalue weighted by molar-refractivity contribution is 0.103. The molecule has 34 heavy (non-hydrogen) atoms. The van der Waals surface area contributed by atoms with Crippen LogP contribution in [0.3, 0.4) is 0 Å². The molecule has 0 saturated carbocycles. The van der Waals surface area contributed by atoms with Crippen molar-refractivity contribution in [2.24, 2.45) is 0 Å². The summed E-state index contributed by atoms with van der Waals surface area (Å²) in [6.07, 6.45) is 0. The molecular weight excluding hydrogens is 420 g/mol. The van der Waals surface area contributed by atoms with Gasteiger partial charge in [0.15, 0.2) is 11.6 Å². The summed E-state index contributed by atoms with van der Waals surface area (Å²) >= 11 is 0. The van der Waals surface area contributed by atoms with Gasteiger partial charge >= 0.3 is 0 Å². The zero-order valence-electron chi connectivity index (χ0n) is 20.1. The topological polar surface area (TPSA) is 40.6 Å². The molecule has 0 spiro atoms. The minimum Gasteiger partial charge on any atom is -0.376 e. The van der Waals surface area contributed by atoms with Crippen molar-refractivity contribution in [2.75, 3.05) is 38.0 Å². The fourth-order valence-electron chi connectivity index (χ4n) is 3.64. The first-order valence-corrected chi connectivity index (χ1v) is 11.1. The first-order valence-electron chi connectivity index (χ1n) is 11.1. The molecule has 0 N–H and O–H groups in total. The van der Waals surface area contributed by atoms with E-state index in [2.05, 4.69) is 0 Å². The number of nitrogens with zero attached hydrogens (tertiary/aromatic N) is 2. The summed E-state index contributed by atoms with van der Waals surface area (Å²) in [7, 11) is 7.90. The number of rotatable bonds is 6. The van der Waals surface area contributed by atoms with Gasteiger partial charge in [0.25, 0.3) is 0 Å². The molecule has 0 amide bonds. The van der Waals surface area contributed by atoms with Crippen LogP contribution in [0.2, 0.25) is 0 Å². The van der Waals surface area contributed by atoms with E-state index in [4.69, 9.17) is 0 Å². The Bertz CT molecular complexity index is 1180. The summed E-state index contributed by atoms with van der Waals surface area (Å²) in [5.74, 6) is 0.129. The maximum atomic E-state index is 12.7. The zero-order valence-corrected chi connectivity index (χ0v) is 20.1. The smallest absolute Gasteiger partial charge is 0.195 e. The van der Waals surface area contributed by atoms with Crippen LogP contribution >= 0.6 is 0 Å². The zero-order chi connectivity index (χ0) is 24.5. The van der Waals surface area contributed by atoms with E-state index >= 15 is 0 Å². The lowest BCUT2D eigenvalue weighted by Gasteiger charge is -2.25. The summed E-state index contributed by atoms with van der Waals surface area (Å²) in [5, 5.41) is 0. The van der Waals surface area contributed by atoms with Gasteiger partial charge in [0, 0.05) is 50.4 Å². The largest absolute Gasteiger partial charge is 0.376 e. The number of ketones is 2. The van der Waals surface area contributed by atoms with E-state index in [9.17, 15) is 9.59 Å². The molecule has 4 aromatic rings. The average molecular weight is 451 g/mol. The van der Waals surface area contributed by atoms with Gasteiger partial charge in [-0.2, -0.15) is 0 Å². The third kappa shape index (κ3) is 5.99. The molecule has 0 bridgehead atoms. The molecule has 0 aliphatic carbocycles. The third-order valence-corrected chi connectivity index (χ3v) is 5.30. The van der Waals surface area contributed by atoms with Crippen LogP contribution in [0.15, 0.2) is 109 Å². The fraction of sp³-hybridized carbons (Fsp3) is 0.133. The molecule has 4 aromatic carbocycles. The lowest BCUT2D eigenvalue weighted by Crippen LogP contribution is -2.20. The number of hydrogen-bond acceptors (Lipinski definition) is 4. The highest BCUT2D eigenvalue weighted by Gasteiger charge is 2.18. The van der Waals surface area contributed by atoms with E-state index in [0.29, 0.717) is 5.56 Å². The molecule has 4 nitrogen and oxygen atoms in total. The van der Waals surface area contributed by atoms with Crippen molar-refractivity contribution in [2.45, 2.75) is 0 Å². The summed E-state index contributed by atoms with van der Waals surface area (Å²) < 4.78 is 0. The van der Waals surface area contributed by atoms with Gasteiger partial charge in [-0.15, -0.1) is 0 Å². The summed E-state index contributed by atoms with van der Waals surface area (Å²) in [4.78, 5) is 28.6. The lowest BCUT2D eigenvalue weighted by atomic mass is 10.00. The van der Waals surface area contributed by atoms with Crippen LogP contribution in [-0.4, -0.2) is 39.8 Å². The van der Waals surface area contributed by atoms with Gasteiger partial charge in [-0.3, -0.25) is 9.59 Å². The van der Waals surface area contributed by atoms with Gasteiger partial charge in [-0.1, -0.05) is 97.1 Å². The molecule has 0 aliphatic heterocycles. The highest BCUT2D eigenvalue weighted by atomic mass is 16.1. The number of hydrogen-bond donors (Lipinski definition) is 0. The third-order valence-electron chi connectivity index (χ3n) is 5.30. The van der Waals surface area contributed by atoms with E-state index in [1.807, 2.05) is 147 Å². The molecule has 4 rings (SSSR count). The number of anilines is 2. The highest BCUT2D eigenvalue weighted by Crippen LogP contribution is 2.32. The average Bonchev–Trinajstić information content (AvgIpc) is 2.89. The van der Waals surface area contributed by atoms with Crippen LogP contribution in [0.1, 0.15) is 31.8 Å². The SMILES string of the molecule is CN(C)c1cccc(C(=O)c2ccccc2)c1N(C)C.O=C(c1ccccc1)c1ccccc1. The number of carbonyl (C=O) groups excluding carboxylic acids is 2. The molecule has 172 valence electrons. The Morgan fingerprint density at radius 2 is 0.882 bits per heavy atom. The Hall–Kier alpha value is -4.18. The second-order valence-electron chi connectivity index (χ2n) is 8.22. The van der Waals surface area contributed by atoms with Crippen LogP contribution < -0.4 is 9.80 Å². The molecule has 0 heterocycles. The van der Waals surface area contributed by atoms with Crippen LogP contribution in [0.5, 0.6) is 0 Å². The van der Waals surface area contributed by atoms with Gasteiger partial charge in [0.05, 0.1) is 11.4 Å². The summed E-state index contributed by atoms with van der Waals surface area (Å²) in [6.45, 7) is 0. The minimum absolute atomic E-state index is 0.0537. The molecule has 0 fully saturated rings. The van der Waals surface area contributed by atoms with Crippen molar-refractivity contribution in [3.63, 3.8) is 0 Å². The maximum Gasteiger partial charge on any atom is 0.195 e. The van der Waals surface area contributed by atoms with Crippen LogP contribution in [0, 0.1) is 0 Å². The monoisotopic (exact) mass is 450 g/mol. The Balaban J connectivity index is 0.000000202. The normalized spacial score (nSPS) is 10.0. The van der Waals surface area contributed by atoms with E-state index in [1.54, 1.807) is 0 Å². The molecule has 4 heteroatoms. The van der Waals surface area contributed by atoms with Crippen molar-refractivity contribution in [1.29, 1.82) is 0 Å². The number of para-hydroxylation sites is 1. The van der Waals surface area contributed by atoms with Gasteiger partial charge in [-0.05, 0) is 12.1 Å². The first kappa shape index (κ1) is 24.5. The first-order chi connectivity index (χ1) is 16.4. The van der Waals surface area contributed by atoms with Gasteiger partial charge in [0.1, 0.15) is 0 Å². The number of carbonyl (C=O) groups is 2. The highest BCUT2D eigenvalue weighted by molar-refractivity contribution is 6.14. The molecular formula is C30H30N2O2. The fourth-order valence-corrected chi connectivity index (χ4v) is 3.64. The van der Waals surface area contributed by atoms with E-state index < -0.39 is 0 Å². The Kier molecular flexibility index (Phi) is 8.36. The van der Waals surface area contributed by atoms with E-state index in [-0.39, 0.29) is 11.6 Å². The van der Waals surface area contributed by atoms with Crippen LogP contribution in [0.25, 0.3) is 0 Å². The van der Waals surface area contributed by atoms with Crippen LogP contribution in [0.4, 0.5) is 11.4 Å². The molecule has 0 radical (unpaired) electrons. The van der Waals surface area contributed by atoms with Crippen molar-refractivity contribution < 1.29 is 9.59 Å². The molecule has 0 aliphatic rings. The van der Waals surface area contributed by atoms with Gasteiger partial charge in [-0.25, -0.2) is 0 Å². The van der Waals surface area contributed by atoms with Crippen molar-refractivity contribution in [3.8, 4) is 0 Å². The van der Waals surface area contributed by atoms with Gasteiger partial charge < -0.3 is 9.80 Å². The Morgan fingerprint density at radius 1 is 0.471 bits per heavy atom. The predicted octanol–water partition coefficient (Wildman–Crippen LogP) is 5.97. The number of benzene rings is 4. The second-order valence-corrected chi connectivity index (χ2v) is 8.22. The van der Waals surface area contributed by atoms with Crippen molar-refractivity contribution in [3.05, 3.63) is 131 Å². The predicted molar refractivity (Wildman–Crippen MR) is 141 cm³/mol. The second kappa shape index (κ2) is 11.6. The molecule has 0 saturated heterocycles. The summed E-state index contributed by atoms with van der Waals surface area (Å²) in [5.41, 5.74) is 4.90. The summed E-state index contributed by atoms with van der Waals surface area (Å²) in [6, 6.07) is 33.8. The van der Waals surface area contributed by atoms with E-state index in [0.717, 1.165) is 28.1 Å². The van der Waals surface area contributed by atoms with E-state index in [1.165, 1.54) is 0 Å². The van der Waals surface area contributed by atoms with Crippen molar-refractivity contribution >= 4 is 22.9 Å². The Labute approximate surface area is 202 Å². The molecule has 0 atom stereocenters. The van der Waals surface area contributed by atoms with Crippen molar-refractivity contribution in [1.82, 2.24) is 0 Å². The van der Waals surface area contributed by atoms with Crippen LogP contribution in [-0.2, 0) is 0 Å². The molecule has 0 unspecified atom stereocenters. The minimum atomic E-state index is 0.0537.